The highest BCUT2D eigenvalue weighted by atomic mass is 16.2. The average Bonchev–Trinajstić information content (AvgIpc) is 3.31. The molecule has 5 aliphatic rings. The highest BCUT2D eigenvalue weighted by molar-refractivity contribution is 6.05. The second-order valence-corrected chi connectivity index (χ2v) is 7.81. The Bertz CT molecular complexity index is 794. The van der Waals surface area contributed by atoms with Crippen molar-refractivity contribution < 1.29 is 14.4 Å². The average molecular weight is 354 g/mol. The molecule has 7 nitrogen and oxygen atoms in total. The van der Waals surface area contributed by atoms with Crippen LogP contribution in [0.1, 0.15) is 40.7 Å². The molecular weight excluding hydrogens is 332 g/mol. The van der Waals surface area contributed by atoms with Gasteiger partial charge in [-0.25, -0.2) is 0 Å². The lowest BCUT2D eigenvalue weighted by atomic mass is 9.80. The second kappa shape index (κ2) is 5.89. The first-order valence-electron chi connectivity index (χ1n) is 9.33. The molecule has 3 N–H and O–H groups in total. The van der Waals surface area contributed by atoms with Crippen LogP contribution >= 0.6 is 0 Å². The molecule has 3 saturated heterocycles. The molecule has 1 aromatic rings. The molecule has 1 saturated carbocycles. The first-order chi connectivity index (χ1) is 12.6. The number of nitrogens with one attached hydrogen (secondary N) is 3. The molecule has 4 fully saturated rings. The van der Waals surface area contributed by atoms with E-state index in [0.29, 0.717) is 30.6 Å². The zero-order valence-electron chi connectivity index (χ0n) is 14.5. The number of fused-ring (bicyclic) bond motifs is 2. The lowest BCUT2D eigenvalue weighted by molar-refractivity contribution is -0.136. The van der Waals surface area contributed by atoms with Gasteiger partial charge in [-0.15, -0.1) is 0 Å². The number of piperidine rings is 1. The van der Waals surface area contributed by atoms with E-state index in [2.05, 4.69) is 22.0 Å². The van der Waals surface area contributed by atoms with Crippen molar-refractivity contribution in [3.05, 3.63) is 34.9 Å². The van der Waals surface area contributed by atoms with Crippen molar-refractivity contribution in [3.8, 4) is 0 Å². The van der Waals surface area contributed by atoms with E-state index in [4.69, 9.17) is 0 Å². The van der Waals surface area contributed by atoms with Crippen molar-refractivity contribution in [2.45, 2.75) is 50.5 Å². The molecule has 4 heterocycles. The molecule has 136 valence electrons. The maximum Gasteiger partial charge on any atom is 0.255 e. The van der Waals surface area contributed by atoms with Crippen LogP contribution in [0.15, 0.2) is 18.2 Å². The number of rotatable bonds is 4. The van der Waals surface area contributed by atoms with Gasteiger partial charge in [0.2, 0.25) is 11.8 Å². The number of imide groups is 1. The van der Waals surface area contributed by atoms with Crippen LogP contribution in [0.4, 0.5) is 0 Å². The van der Waals surface area contributed by atoms with Gasteiger partial charge in [-0.1, -0.05) is 12.1 Å². The molecule has 1 aromatic carbocycles. The summed E-state index contributed by atoms with van der Waals surface area (Å²) < 4.78 is 0. The summed E-state index contributed by atoms with van der Waals surface area (Å²) in [7, 11) is 0. The van der Waals surface area contributed by atoms with Crippen LogP contribution in [0, 0.1) is 5.92 Å². The Hall–Kier alpha value is -2.25. The third-order valence-corrected chi connectivity index (χ3v) is 6.27. The molecule has 0 spiro atoms. The number of carbonyl (C=O) groups excluding carboxylic acids is 3. The zero-order chi connectivity index (χ0) is 17.8. The van der Waals surface area contributed by atoms with Crippen molar-refractivity contribution in [1.82, 2.24) is 20.9 Å². The normalized spacial score (nSPS) is 32.5. The lowest BCUT2D eigenvalue weighted by Gasteiger charge is -2.35. The Labute approximate surface area is 151 Å². The summed E-state index contributed by atoms with van der Waals surface area (Å²) in [5.74, 6) is 0.00119. The summed E-state index contributed by atoms with van der Waals surface area (Å²) in [5, 5.41) is 9.43. The van der Waals surface area contributed by atoms with Crippen LogP contribution in [-0.4, -0.2) is 47.3 Å². The standard InChI is InChI=1S/C19H22N4O3/c24-16-4-3-15(18(25)22-16)23-9-11-2-1-10(5-13(11)19(23)26)7-21-17-12-6-14(17)20-8-12/h1-2,5,12,14-15,17,20-21H,3-4,6-9H2,(H,22,24,25)/t12-,14-,15?,17+/m0/s1. The molecular formula is C19H22N4O3. The summed E-state index contributed by atoms with van der Waals surface area (Å²) in [4.78, 5) is 37.9. The molecule has 1 unspecified atom stereocenters. The van der Waals surface area contributed by atoms with Gasteiger partial charge >= 0.3 is 0 Å². The van der Waals surface area contributed by atoms with E-state index in [1.54, 1.807) is 4.90 Å². The SMILES string of the molecule is O=C1CCC(N2Cc3ccc(CN[C@@H]4[C@@H]5CN[C@H]4C5)cc3C2=O)C(=O)N1. The molecule has 26 heavy (non-hydrogen) atoms. The largest absolute Gasteiger partial charge is 0.322 e. The quantitative estimate of drug-likeness (QED) is 0.657. The van der Waals surface area contributed by atoms with E-state index in [9.17, 15) is 14.4 Å². The smallest absolute Gasteiger partial charge is 0.255 e. The van der Waals surface area contributed by atoms with Gasteiger partial charge in [-0.2, -0.15) is 0 Å². The van der Waals surface area contributed by atoms with E-state index < -0.39 is 6.04 Å². The van der Waals surface area contributed by atoms with Crippen molar-refractivity contribution >= 4 is 17.7 Å². The Balaban J connectivity index is 1.28. The Morgan fingerprint density at radius 1 is 1.23 bits per heavy atom. The second-order valence-electron chi connectivity index (χ2n) is 7.81. The molecule has 0 radical (unpaired) electrons. The fourth-order valence-electron chi connectivity index (χ4n) is 4.73. The van der Waals surface area contributed by atoms with Crippen LogP contribution in [-0.2, 0) is 22.7 Å². The summed E-state index contributed by atoms with van der Waals surface area (Å²) in [5.41, 5.74) is 2.73. The summed E-state index contributed by atoms with van der Waals surface area (Å²) >= 11 is 0. The van der Waals surface area contributed by atoms with Crippen LogP contribution in [0.3, 0.4) is 0 Å². The highest BCUT2D eigenvalue weighted by Gasteiger charge is 2.46. The first kappa shape index (κ1) is 16.0. The number of amides is 3. The Morgan fingerprint density at radius 2 is 2.12 bits per heavy atom. The molecule has 3 amide bonds. The van der Waals surface area contributed by atoms with Gasteiger partial charge in [0.25, 0.3) is 5.91 Å². The molecule has 0 aromatic heterocycles. The van der Waals surface area contributed by atoms with Gasteiger partial charge in [-0.3, -0.25) is 19.7 Å². The van der Waals surface area contributed by atoms with Crippen molar-refractivity contribution in [2.75, 3.05) is 6.54 Å². The van der Waals surface area contributed by atoms with Crippen LogP contribution in [0.25, 0.3) is 0 Å². The number of nitrogens with zero attached hydrogens (tertiary/aromatic N) is 1. The number of carbonyl (C=O) groups is 3. The first-order valence-corrected chi connectivity index (χ1v) is 9.33. The van der Waals surface area contributed by atoms with Crippen LogP contribution in [0.5, 0.6) is 0 Å². The minimum absolute atomic E-state index is 0.110. The third-order valence-electron chi connectivity index (χ3n) is 6.27. The van der Waals surface area contributed by atoms with Gasteiger partial charge in [0.1, 0.15) is 6.04 Å². The minimum Gasteiger partial charge on any atom is -0.322 e. The maximum absolute atomic E-state index is 12.8. The molecule has 2 bridgehead atoms. The Kier molecular flexibility index (Phi) is 3.62. The van der Waals surface area contributed by atoms with Gasteiger partial charge in [-0.05, 0) is 42.5 Å². The van der Waals surface area contributed by atoms with E-state index in [0.717, 1.165) is 30.1 Å². The number of benzene rings is 1. The maximum atomic E-state index is 12.8. The van der Waals surface area contributed by atoms with Crippen LogP contribution < -0.4 is 16.0 Å². The molecule has 6 rings (SSSR count). The summed E-state index contributed by atoms with van der Waals surface area (Å²) in [6.45, 7) is 2.29. The predicted molar refractivity (Wildman–Crippen MR) is 93.0 cm³/mol. The number of hydrogen-bond acceptors (Lipinski definition) is 5. The lowest BCUT2D eigenvalue weighted by Crippen LogP contribution is -2.52. The third kappa shape index (κ3) is 2.46. The van der Waals surface area contributed by atoms with Crippen molar-refractivity contribution in [2.24, 2.45) is 5.92 Å². The predicted octanol–water partition coefficient (Wildman–Crippen LogP) is -0.102. The molecule has 4 aliphatic heterocycles. The Morgan fingerprint density at radius 3 is 2.85 bits per heavy atom. The van der Waals surface area contributed by atoms with E-state index >= 15 is 0 Å². The summed E-state index contributed by atoms with van der Waals surface area (Å²) in [6, 6.07) is 6.58. The van der Waals surface area contributed by atoms with Crippen molar-refractivity contribution in [3.63, 3.8) is 0 Å². The van der Waals surface area contributed by atoms with Gasteiger partial charge in [0.15, 0.2) is 0 Å². The minimum atomic E-state index is -0.550. The zero-order valence-corrected chi connectivity index (χ0v) is 14.5. The fraction of sp³-hybridized carbons (Fsp3) is 0.526. The molecule has 1 aliphatic carbocycles. The molecule has 7 heteroatoms. The molecule has 4 atom stereocenters. The fourth-order valence-corrected chi connectivity index (χ4v) is 4.73. The van der Waals surface area contributed by atoms with Gasteiger partial charge in [0.05, 0.1) is 0 Å². The topological polar surface area (TPSA) is 90.5 Å². The van der Waals surface area contributed by atoms with Crippen molar-refractivity contribution in [1.29, 1.82) is 0 Å². The highest BCUT2D eigenvalue weighted by Crippen LogP contribution is 2.34. The monoisotopic (exact) mass is 354 g/mol. The number of hydrogen-bond donors (Lipinski definition) is 3. The van der Waals surface area contributed by atoms with E-state index in [-0.39, 0.29) is 24.1 Å². The van der Waals surface area contributed by atoms with Crippen LogP contribution in [0.2, 0.25) is 0 Å². The van der Waals surface area contributed by atoms with E-state index in [1.165, 1.54) is 6.42 Å². The van der Waals surface area contributed by atoms with E-state index in [1.807, 2.05) is 12.1 Å². The summed E-state index contributed by atoms with van der Waals surface area (Å²) in [6.07, 6.45) is 1.95. The van der Waals surface area contributed by atoms with Gasteiger partial charge < -0.3 is 15.5 Å². The van der Waals surface area contributed by atoms with Gasteiger partial charge in [0, 0.05) is 37.2 Å².